The van der Waals surface area contributed by atoms with E-state index in [1.54, 1.807) is 36.7 Å². The van der Waals surface area contributed by atoms with Crippen molar-refractivity contribution in [3.05, 3.63) is 56.5 Å². The summed E-state index contributed by atoms with van der Waals surface area (Å²) in [5.41, 5.74) is 6.01. The molecule has 0 aliphatic heterocycles. The molecule has 0 aliphatic rings. The van der Waals surface area contributed by atoms with Crippen LogP contribution < -0.4 is 21.7 Å². The number of carbonyl (C=O) groups is 1. The number of primary amides is 1. The van der Waals surface area contributed by atoms with Crippen molar-refractivity contribution in [3.63, 3.8) is 0 Å². The van der Waals surface area contributed by atoms with Crippen LogP contribution in [-0.4, -0.2) is 31.2 Å². The number of carbonyl (C=O) groups excluding carboxylic acids is 1. The summed E-state index contributed by atoms with van der Waals surface area (Å²) in [6.07, 6.45) is 3.62. The summed E-state index contributed by atoms with van der Waals surface area (Å²) in [6, 6.07) is 7.10. The van der Waals surface area contributed by atoms with E-state index in [9.17, 15) is 14.4 Å². The maximum absolute atomic E-state index is 12.7. The normalized spacial score (nSPS) is 11.4. The van der Waals surface area contributed by atoms with Crippen LogP contribution in [0.5, 0.6) is 5.75 Å². The van der Waals surface area contributed by atoms with Gasteiger partial charge in [-0.15, -0.1) is 0 Å². The van der Waals surface area contributed by atoms with E-state index in [4.69, 9.17) is 10.5 Å². The van der Waals surface area contributed by atoms with Gasteiger partial charge in [-0.3, -0.25) is 18.7 Å². The van der Waals surface area contributed by atoms with E-state index in [0.29, 0.717) is 35.8 Å². The highest BCUT2D eigenvalue weighted by atomic mass is 16.5. The van der Waals surface area contributed by atoms with E-state index in [1.165, 1.54) is 9.13 Å². The Morgan fingerprint density at radius 1 is 1.10 bits per heavy atom. The minimum atomic E-state index is -0.538. The van der Waals surface area contributed by atoms with Gasteiger partial charge in [0.05, 0.1) is 0 Å². The van der Waals surface area contributed by atoms with Gasteiger partial charge in [-0.25, -0.2) is 9.78 Å². The van der Waals surface area contributed by atoms with Crippen molar-refractivity contribution in [1.82, 2.24) is 18.7 Å². The number of imidazole rings is 1. The summed E-state index contributed by atoms with van der Waals surface area (Å²) in [5, 5.41) is 0. The van der Waals surface area contributed by atoms with Gasteiger partial charge in [0, 0.05) is 20.1 Å². The zero-order valence-corrected chi connectivity index (χ0v) is 16.6. The van der Waals surface area contributed by atoms with Crippen LogP contribution in [-0.2, 0) is 24.9 Å². The Kier molecular flexibility index (Phi) is 5.67. The van der Waals surface area contributed by atoms with E-state index in [2.05, 4.69) is 4.98 Å². The summed E-state index contributed by atoms with van der Waals surface area (Å²) >= 11 is 0. The maximum atomic E-state index is 12.7. The van der Waals surface area contributed by atoms with Crippen LogP contribution in [0.1, 0.15) is 25.2 Å². The number of nitrogens with zero attached hydrogens (tertiary/aromatic N) is 4. The van der Waals surface area contributed by atoms with Crippen molar-refractivity contribution >= 4 is 29.2 Å². The van der Waals surface area contributed by atoms with Crippen molar-refractivity contribution in [2.45, 2.75) is 26.9 Å². The summed E-state index contributed by atoms with van der Waals surface area (Å²) in [6.45, 7) is 4.15. The van der Waals surface area contributed by atoms with Gasteiger partial charge in [-0.1, -0.05) is 18.2 Å². The second-order valence-corrected chi connectivity index (χ2v) is 6.43. The molecule has 0 bridgehead atoms. The van der Waals surface area contributed by atoms with Gasteiger partial charge < -0.3 is 15.0 Å². The summed E-state index contributed by atoms with van der Waals surface area (Å²) < 4.78 is 9.64. The number of hydrogen-bond acceptors (Lipinski definition) is 5. The molecule has 29 heavy (non-hydrogen) atoms. The lowest BCUT2D eigenvalue weighted by Crippen LogP contribution is -2.39. The molecular weight excluding hydrogens is 374 g/mol. The van der Waals surface area contributed by atoms with Crippen molar-refractivity contribution in [3.8, 4) is 5.75 Å². The van der Waals surface area contributed by atoms with Crippen molar-refractivity contribution < 1.29 is 9.53 Å². The van der Waals surface area contributed by atoms with Gasteiger partial charge in [-0.05, 0) is 37.6 Å². The fraction of sp³-hybridized carbons (Fsp3) is 0.300. The Labute approximate surface area is 166 Å². The molecule has 152 valence electrons. The van der Waals surface area contributed by atoms with Gasteiger partial charge in [-0.2, -0.15) is 0 Å². The van der Waals surface area contributed by atoms with E-state index in [0.717, 1.165) is 5.56 Å². The number of fused-ring (bicyclic) bond motifs is 1. The molecule has 0 fully saturated rings. The minimum absolute atomic E-state index is 0.177. The molecule has 0 spiro atoms. The lowest BCUT2D eigenvalue weighted by atomic mass is 10.2. The van der Waals surface area contributed by atoms with Crippen LogP contribution in [0, 0.1) is 0 Å². The minimum Gasteiger partial charge on any atom is -0.484 e. The number of nitrogens with two attached hydrogens (primary N) is 1. The van der Waals surface area contributed by atoms with Crippen molar-refractivity contribution in [2.24, 2.45) is 12.8 Å². The van der Waals surface area contributed by atoms with Crippen LogP contribution in [0.4, 0.5) is 0 Å². The second kappa shape index (κ2) is 8.17. The smallest absolute Gasteiger partial charge is 0.332 e. The number of hydrogen-bond donors (Lipinski definition) is 1. The molecule has 1 aromatic carbocycles. The Balaban J connectivity index is 1.98. The SMILES string of the molecule is CCn1c(=O)c2c(nc(/C=C/c3ccc(OCC(N)=O)cc3)n2C)n(CC)c1=O. The quantitative estimate of drug-likeness (QED) is 0.638. The Morgan fingerprint density at radius 3 is 2.34 bits per heavy atom. The lowest BCUT2D eigenvalue weighted by molar-refractivity contribution is -0.119. The molecule has 3 rings (SSSR count). The van der Waals surface area contributed by atoms with Crippen LogP contribution in [0.15, 0.2) is 33.9 Å². The molecule has 2 N–H and O–H groups in total. The third kappa shape index (κ3) is 3.84. The average molecular weight is 397 g/mol. The van der Waals surface area contributed by atoms with Gasteiger partial charge in [0.1, 0.15) is 11.6 Å². The first-order chi connectivity index (χ1) is 13.9. The monoisotopic (exact) mass is 397 g/mol. The molecular formula is C20H23N5O4. The van der Waals surface area contributed by atoms with Gasteiger partial charge in [0.25, 0.3) is 11.5 Å². The number of aromatic nitrogens is 4. The zero-order chi connectivity index (χ0) is 21.1. The average Bonchev–Trinajstić information content (AvgIpc) is 3.02. The highest BCUT2D eigenvalue weighted by molar-refractivity contribution is 5.77. The molecule has 1 amide bonds. The Bertz CT molecular complexity index is 1200. The summed E-state index contributed by atoms with van der Waals surface area (Å²) in [7, 11) is 1.75. The van der Waals surface area contributed by atoms with Crippen LogP contribution in [0.2, 0.25) is 0 Å². The molecule has 9 heteroatoms. The lowest BCUT2D eigenvalue weighted by Gasteiger charge is -2.08. The molecule has 2 heterocycles. The second-order valence-electron chi connectivity index (χ2n) is 6.43. The van der Waals surface area contributed by atoms with E-state index in [1.807, 2.05) is 25.1 Å². The third-order valence-corrected chi connectivity index (χ3v) is 4.60. The van der Waals surface area contributed by atoms with Gasteiger partial charge >= 0.3 is 5.69 Å². The standard InChI is InChI=1S/C20H23N5O4/c1-4-24-18-17(19(27)25(5-2)20(24)28)23(3)16(22-18)11-8-13-6-9-14(10-7-13)29-12-15(21)26/h6-11H,4-5,12H2,1-3H3,(H2,21,26)/b11-8+. The predicted octanol–water partition coefficient (Wildman–Crippen LogP) is 0.971. The Hall–Kier alpha value is -3.62. The molecule has 0 atom stereocenters. The van der Waals surface area contributed by atoms with Crippen LogP contribution >= 0.6 is 0 Å². The van der Waals surface area contributed by atoms with E-state index < -0.39 is 5.91 Å². The predicted molar refractivity (Wildman–Crippen MR) is 111 cm³/mol. The molecule has 0 saturated heterocycles. The van der Waals surface area contributed by atoms with Crippen molar-refractivity contribution in [1.29, 1.82) is 0 Å². The highest BCUT2D eigenvalue weighted by Gasteiger charge is 2.17. The molecule has 9 nitrogen and oxygen atoms in total. The van der Waals surface area contributed by atoms with Crippen LogP contribution in [0.3, 0.4) is 0 Å². The first-order valence-corrected chi connectivity index (χ1v) is 9.26. The fourth-order valence-corrected chi connectivity index (χ4v) is 3.09. The van der Waals surface area contributed by atoms with E-state index in [-0.39, 0.29) is 17.9 Å². The molecule has 3 aromatic rings. The number of ether oxygens (including phenoxy) is 1. The first-order valence-electron chi connectivity index (χ1n) is 9.26. The number of benzene rings is 1. The van der Waals surface area contributed by atoms with Gasteiger partial charge in [0.15, 0.2) is 17.8 Å². The molecule has 0 aliphatic carbocycles. The first kappa shape index (κ1) is 20.1. The Morgan fingerprint density at radius 2 is 1.76 bits per heavy atom. The van der Waals surface area contributed by atoms with E-state index >= 15 is 0 Å². The fourth-order valence-electron chi connectivity index (χ4n) is 3.09. The summed E-state index contributed by atoms with van der Waals surface area (Å²) in [4.78, 5) is 40.5. The number of rotatable bonds is 7. The van der Waals surface area contributed by atoms with Crippen molar-refractivity contribution in [2.75, 3.05) is 6.61 Å². The molecule has 0 saturated carbocycles. The molecule has 0 radical (unpaired) electrons. The number of aryl methyl sites for hydroxylation is 2. The van der Waals surface area contributed by atoms with Crippen LogP contribution in [0.25, 0.3) is 23.3 Å². The maximum Gasteiger partial charge on any atom is 0.332 e. The zero-order valence-electron chi connectivity index (χ0n) is 16.6. The molecule has 2 aromatic heterocycles. The largest absolute Gasteiger partial charge is 0.484 e. The van der Waals surface area contributed by atoms with Gasteiger partial charge in [0.2, 0.25) is 0 Å². The number of amides is 1. The topological polar surface area (TPSA) is 114 Å². The summed E-state index contributed by atoms with van der Waals surface area (Å²) in [5.74, 6) is 0.556. The molecule has 0 unspecified atom stereocenters. The highest BCUT2D eigenvalue weighted by Crippen LogP contribution is 2.16. The third-order valence-electron chi connectivity index (χ3n) is 4.60.